The minimum absolute atomic E-state index is 0.00996. The third-order valence-corrected chi connectivity index (χ3v) is 2.90. The van der Waals surface area contributed by atoms with Crippen molar-refractivity contribution in [2.75, 3.05) is 19.0 Å². The van der Waals surface area contributed by atoms with E-state index in [-0.39, 0.29) is 35.0 Å². The Morgan fingerprint density at radius 3 is 2.74 bits per heavy atom. The van der Waals surface area contributed by atoms with Gasteiger partial charge < -0.3 is 19.9 Å². The van der Waals surface area contributed by atoms with Crippen LogP contribution in [-0.4, -0.2) is 40.7 Å². The number of nitrogens with one attached hydrogen (secondary N) is 1. The van der Waals surface area contributed by atoms with Gasteiger partial charge in [0.15, 0.2) is 5.75 Å². The third kappa shape index (κ3) is 3.54. The molecule has 2 N–H and O–H groups in total. The van der Waals surface area contributed by atoms with Gasteiger partial charge in [0.2, 0.25) is 0 Å². The number of phenols is 1. The molecule has 8 nitrogen and oxygen atoms in total. The van der Waals surface area contributed by atoms with Gasteiger partial charge in [-0.2, -0.15) is 0 Å². The molecule has 0 aliphatic carbocycles. The second-order valence-electron chi connectivity index (χ2n) is 4.32. The van der Waals surface area contributed by atoms with Crippen molar-refractivity contribution in [3.8, 4) is 5.75 Å². The smallest absolute Gasteiger partial charge is 0.343 e. The molecule has 0 saturated heterocycles. The molecule has 0 unspecified atom stereocenters. The van der Waals surface area contributed by atoms with Crippen LogP contribution in [0.1, 0.15) is 27.6 Å². The molecule has 0 aliphatic heterocycles. The van der Waals surface area contributed by atoms with Crippen LogP contribution in [0, 0.1) is 0 Å². The fraction of sp³-hybridized carbons (Fsp3) is 0.200. The first-order valence-electron chi connectivity index (χ1n) is 6.73. The first-order valence-corrected chi connectivity index (χ1v) is 6.73. The maximum Gasteiger partial charge on any atom is 0.343 e. The van der Waals surface area contributed by atoms with Crippen LogP contribution >= 0.6 is 0 Å². The van der Waals surface area contributed by atoms with Crippen molar-refractivity contribution < 1.29 is 24.2 Å². The lowest BCUT2D eigenvalue weighted by atomic mass is 10.1. The maximum absolute atomic E-state index is 11.9. The van der Waals surface area contributed by atoms with E-state index in [1.165, 1.54) is 31.8 Å². The fourth-order valence-electron chi connectivity index (χ4n) is 1.83. The van der Waals surface area contributed by atoms with E-state index in [1.807, 2.05) is 0 Å². The van der Waals surface area contributed by atoms with Crippen LogP contribution < -0.4 is 5.32 Å². The summed E-state index contributed by atoms with van der Waals surface area (Å²) in [4.78, 5) is 31.2. The van der Waals surface area contributed by atoms with Gasteiger partial charge in [0.25, 0.3) is 0 Å². The van der Waals surface area contributed by atoms with Gasteiger partial charge in [0.05, 0.1) is 19.4 Å². The molecular weight excluding hydrogens is 302 g/mol. The molecule has 0 aliphatic rings. The first-order chi connectivity index (χ1) is 11.1. The van der Waals surface area contributed by atoms with Crippen molar-refractivity contribution in [1.29, 1.82) is 0 Å². The molecule has 0 amide bonds. The molecule has 0 radical (unpaired) electrons. The molecule has 1 heterocycles. The molecule has 2 aromatic rings. The molecule has 0 saturated carbocycles. The van der Waals surface area contributed by atoms with Gasteiger partial charge in [-0.15, -0.1) is 0 Å². The summed E-state index contributed by atoms with van der Waals surface area (Å²) >= 11 is 0. The van der Waals surface area contributed by atoms with Crippen molar-refractivity contribution >= 4 is 23.4 Å². The number of hydrogen-bond donors (Lipinski definition) is 2. The first kappa shape index (κ1) is 16.2. The van der Waals surface area contributed by atoms with E-state index >= 15 is 0 Å². The predicted molar refractivity (Wildman–Crippen MR) is 80.7 cm³/mol. The van der Waals surface area contributed by atoms with Gasteiger partial charge in [-0.3, -0.25) is 0 Å². The Balaban J connectivity index is 2.37. The van der Waals surface area contributed by atoms with Crippen molar-refractivity contribution in [2.24, 2.45) is 0 Å². The highest BCUT2D eigenvalue weighted by molar-refractivity contribution is 5.97. The van der Waals surface area contributed by atoms with E-state index in [0.717, 1.165) is 0 Å². The van der Waals surface area contributed by atoms with Crippen LogP contribution in [0.3, 0.4) is 0 Å². The van der Waals surface area contributed by atoms with E-state index in [4.69, 9.17) is 4.74 Å². The normalized spacial score (nSPS) is 10.0. The number of rotatable bonds is 5. The highest BCUT2D eigenvalue weighted by atomic mass is 16.5. The third-order valence-electron chi connectivity index (χ3n) is 2.90. The Bertz CT molecular complexity index is 733. The number of carbonyl (C=O) groups is 2. The van der Waals surface area contributed by atoms with Crippen LogP contribution in [-0.2, 0) is 9.47 Å². The molecule has 0 bridgehead atoms. The number of esters is 2. The van der Waals surface area contributed by atoms with E-state index in [1.54, 1.807) is 13.0 Å². The van der Waals surface area contributed by atoms with Crippen LogP contribution in [0.2, 0.25) is 0 Å². The zero-order chi connectivity index (χ0) is 16.8. The van der Waals surface area contributed by atoms with E-state index in [0.29, 0.717) is 0 Å². The SMILES string of the molecule is CCOC(=O)c1cncnc1Nc1cccc(C(=O)OC)c1O. The highest BCUT2D eigenvalue weighted by Gasteiger charge is 2.18. The number of methoxy groups -OCH3 is 1. The molecule has 0 atom stereocenters. The standard InChI is InChI=1S/C15H15N3O5/c1-3-23-15(21)10-7-16-8-17-13(10)18-11-6-4-5-9(12(11)19)14(20)22-2/h4-8,19H,3H2,1-2H3,(H,16,17,18). The number of benzene rings is 1. The molecule has 120 valence electrons. The van der Waals surface area contributed by atoms with Gasteiger partial charge in [0.1, 0.15) is 23.3 Å². The number of carbonyl (C=O) groups excluding carboxylic acids is 2. The molecule has 1 aromatic carbocycles. The molecule has 23 heavy (non-hydrogen) atoms. The monoisotopic (exact) mass is 317 g/mol. The van der Waals surface area contributed by atoms with Gasteiger partial charge in [-0.1, -0.05) is 6.07 Å². The quantitative estimate of drug-likeness (QED) is 0.635. The summed E-state index contributed by atoms with van der Waals surface area (Å²) in [6, 6.07) is 4.50. The predicted octanol–water partition coefficient (Wildman–Crippen LogP) is 1.89. The average Bonchev–Trinajstić information content (AvgIpc) is 2.56. The number of ether oxygens (including phenoxy) is 2. The number of nitrogens with zero attached hydrogens (tertiary/aromatic N) is 2. The van der Waals surface area contributed by atoms with Crippen LogP contribution in [0.4, 0.5) is 11.5 Å². The molecule has 2 rings (SSSR count). The van der Waals surface area contributed by atoms with Crippen LogP contribution in [0.5, 0.6) is 5.75 Å². The number of aromatic nitrogens is 2. The highest BCUT2D eigenvalue weighted by Crippen LogP contribution is 2.31. The van der Waals surface area contributed by atoms with E-state index in [2.05, 4.69) is 20.0 Å². The number of phenolic OH excluding ortho intramolecular Hbond substituents is 1. The zero-order valence-electron chi connectivity index (χ0n) is 12.6. The lowest BCUT2D eigenvalue weighted by molar-refractivity contribution is 0.0525. The largest absolute Gasteiger partial charge is 0.505 e. The summed E-state index contributed by atoms with van der Waals surface area (Å²) in [5.74, 6) is -1.44. The van der Waals surface area contributed by atoms with Gasteiger partial charge in [0, 0.05) is 6.20 Å². The van der Waals surface area contributed by atoms with Crippen molar-refractivity contribution in [2.45, 2.75) is 6.92 Å². The summed E-state index contributed by atoms with van der Waals surface area (Å²) in [5, 5.41) is 13.0. The Kier molecular flexibility index (Phi) is 5.08. The lowest BCUT2D eigenvalue weighted by Gasteiger charge is -2.12. The minimum Gasteiger partial charge on any atom is -0.505 e. The molecule has 0 fully saturated rings. The van der Waals surface area contributed by atoms with E-state index in [9.17, 15) is 14.7 Å². The molecule has 8 heteroatoms. The van der Waals surface area contributed by atoms with Crippen molar-refractivity contribution in [1.82, 2.24) is 9.97 Å². The second-order valence-corrected chi connectivity index (χ2v) is 4.32. The Labute approximate surface area is 132 Å². The number of hydrogen-bond acceptors (Lipinski definition) is 8. The zero-order valence-corrected chi connectivity index (χ0v) is 12.6. The molecule has 0 spiro atoms. The van der Waals surface area contributed by atoms with Gasteiger partial charge >= 0.3 is 11.9 Å². The Morgan fingerprint density at radius 1 is 1.26 bits per heavy atom. The molecule has 1 aromatic heterocycles. The number of para-hydroxylation sites is 1. The fourth-order valence-corrected chi connectivity index (χ4v) is 1.83. The summed E-state index contributed by atoms with van der Waals surface area (Å²) in [7, 11) is 1.21. The number of aromatic hydroxyl groups is 1. The Hall–Kier alpha value is -3.16. The van der Waals surface area contributed by atoms with Crippen LogP contribution in [0.25, 0.3) is 0 Å². The minimum atomic E-state index is -0.681. The molecular formula is C15H15N3O5. The number of anilines is 2. The van der Waals surface area contributed by atoms with Crippen molar-refractivity contribution in [3.05, 3.63) is 41.9 Å². The van der Waals surface area contributed by atoms with Gasteiger partial charge in [-0.25, -0.2) is 19.6 Å². The lowest BCUT2D eigenvalue weighted by Crippen LogP contribution is -2.10. The Morgan fingerprint density at radius 2 is 2.04 bits per heavy atom. The topological polar surface area (TPSA) is 111 Å². The second kappa shape index (κ2) is 7.21. The maximum atomic E-state index is 11.9. The van der Waals surface area contributed by atoms with Crippen molar-refractivity contribution in [3.63, 3.8) is 0 Å². The van der Waals surface area contributed by atoms with E-state index < -0.39 is 11.9 Å². The summed E-state index contributed by atoms with van der Waals surface area (Å²) in [6.45, 7) is 1.89. The summed E-state index contributed by atoms with van der Waals surface area (Å²) in [6.07, 6.45) is 2.54. The van der Waals surface area contributed by atoms with Gasteiger partial charge in [-0.05, 0) is 19.1 Å². The average molecular weight is 317 g/mol. The summed E-state index contributed by atoms with van der Waals surface area (Å²) < 4.78 is 9.51. The summed E-state index contributed by atoms with van der Waals surface area (Å²) in [5.41, 5.74) is 0.290. The van der Waals surface area contributed by atoms with Crippen LogP contribution in [0.15, 0.2) is 30.7 Å².